The van der Waals surface area contributed by atoms with Gasteiger partial charge in [0.25, 0.3) is 5.56 Å². The minimum absolute atomic E-state index is 0.0318. The highest BCUT2D eigenvalue weighted by atomic mass is 35.5. The molecule has 1 unspecified atom stereocenters. The van der Waals surface area contributed by atoms with Crippen molar-refractivity contribution in [2.45, 2.75) is 30.3 Å². The fourth-order valence-corrected chi connectivity index (χ4v) is 3.71. The standard InChI is InChI=1S/C20H20ClN3O3S/c1-13(18(26)22-15-9-7-14(21)8-10-15)28-20-23-17-6-3-2-5-16(17)19(27)24(20)11-4-12-25/h2-3,5-10,13,25H,4,11-12H2,1H3,(H,22,26). The molecule has 0 bridgehead atoms. The smallest absolute Gasteiger partial charge is 0.262 e. The molecule has 3 rings (SSSR count). The lowest BCUT2D eigenvalue weighted by molar-refractivity contribution is -0.115. The third-order valence-corrected chi connectivity index (χ3v) is 5.47. The number of aromatic nitrogens is 2. The van der Waals surface area contributed by atoms with Gasteiger partial charge >= 0.3 is 0 Å². The van der Waals surface area contributed by atoms with Gasteiger partial charge in [0.1, 0.15) is 0 Å². The van der Waals surface area contributed by atoms with Crippen molar-refractivity contribution in [3.05, 3.63) is 63.9 Å². The number of hydrogen-bond donors (Lipinski definition) is 2. The van der Waals surface area contributed by atoms with E-state index in [0.29, 0.717) is 39.7 Å². The second kappa shape index (κ2) is 9.23. The lowest BCUT2D eigenvalue weighted by Gasteiger charge is -2.16. The summed E-state index contributed by atoms with van der Waals surface area (Å²) in [6.07, 6.45) is 0.429. The number of aliphatic hydroxyl groups excluding tert-OH is 1. The fraction of sp³-hybridized carbons (Fsp3) is 0.250. The van der Waals surface area contributed by atoms with E-state index in [1.807, 2.05) is 6.07 Å². The first-order valence-corrected chi connectivity index (χ1v) is 10.1. The maximum Gasteiger partial charge on any atom is 0.262 e. The SMILES string of the molecule is CC(Sc1nc2ccccc2c(=O)n1CCCO)C(=O)Nc1ccc(Cl)cc1. The molecule has 1 atom stereocenters. The monoisotopic (exact) mass is 417 g/mol. The van der Waals surface area contributed by atoms with Gasteiger partial charge in [-0.2, -0.15) is 0 Å². The van der Waals surface area contributed by atoms with Crippen molar-refractivity contribution in [2.75, 3.05) is 11.9 Å². The number of nitrogens with one attached hydrogen (secondary N) is 1. The molecular formula is C20H20ClN3O3S. The highest BCUT2D eigenvalue weighted by Crippen LogP contribution is 2.24. The molecular weight excluding hydrogens is 398 g/mol. The molecule has 0 fully saturated rings. The maximum absolute atomic E-state index is 12.8. The van der Waals surface area contributed by atoms with Crippen LogP contribution in [0.2, 0.25) is 5.02 Å². The Morgan fingerprint density at radius 2 is 1.96 bits per heavy atom. The molecule has 6 nitrogen and oxygen atoms in total. The molecule has 146 valence electrons. The highest BCUT2D eigenvalue weighted by Gasteiger charge is 2.19. The molecule has 0 spiro atoms. The summed E-state index contributed by atoms with van der Waals surface area (Å²) in [6.45, 7) is 2.06. The lowest BCUT2D eigenvalue weighted by Crippen LogP contribution is -2.27. The molecule has 0 saturated carbocycles. The van der Waals surface area contributed by atoms with Gasteiger partial charge in [0.2, 0.25) is 5.91 Å². The van der Waals surface area contributed by atoms with Gasteiger partial charge in [-0.1, -0.05) is 35.5 Å². The Kier molecular flexibility index (Phi) is 6.72. The zero-order valence-electron chi connectivity index (χ0n) is 15.3. The number of para-hydroxylation sites is 1. The molecule has 1 aromatic heterocycles. The van der Waals surface area contributed by atoms with Gasteiger partial charge in [0, 0.05) is 23.9 Å². The number of thioether (sulfide) groups is 1. The Bertz CT molecular complexity index is 1040. The van der Waals surface area contributed by atoms with Crippen LogP contribution in [-0.4, -0.2) is 32.4 Å². The van der Waals surface area contributed by atoms with Crippen LogP contribution in [-0.2, 0) is 11.3 Å². The maximum atomic E-state index is 12.8. The number of carbonyl (C=O) groups excluding carboxylic acids is 1. The van der Waals surface area contributed by atoms with Crippen LogP contribution in [0.5, 0.6) is 0 Å². The molecule has 3 aromatic rings. The van der Waals surface area contributed by atoms with E-state index in [4.69, 9.17) is 16.7 Å². The minimum Gasteiger partial charge on any atom is -0.396 e. The second-order valence-corrected chi connectivity index (χ2v) is 7.95. The molecule has 0 aliphatic rings. The molecule has 8 heteroatoms. The molecule has 28 heavy (non-hydrogen) atoms. The predicted octanol–water partition coefficient (Wildman–Crippen LogP) is 3.55. The molecule has 1 heterocycles. The zero-order valence-corrected chi connectivity index (χ0v) is 16.8. The molecule has 0 aliphatic carbocycles. The van der Waals surface area contributed by atoms with Crippen molar-refractivity contribution in [3.8, 4) is 0 Å². The summed E-state index contributed by atoms with van der Waals surface area (Å²) < 4.78 is 1.52. The third kappa shape index (κ3) is 4.73. The number of anilines is 1. The van der Waals surface area contributed by atoms with Gasteiger partial charge in [-0.25, -0.2) is 4.98 Å². The number of rotatable bonds is 7. The summed E-state index contributed by atoms with van der Waals surface area (Å²) in [6, 6.07) is 14.0. The number of benzene rings is 2. The van der Waals surface area contributed by atoms with Crippen LogP contribution >= 0.6 is 23.4 Å². The number of fused-ring (bicyclic) bond motifs is 1. The van der Waals surface area contributed by atoms with E-state index in [-0.39, 0.29) is 18.1 Å². The summed E-state index contributed by atoms with van der Waals surface area (Å²) >= 11 is 7.08. The number of amides is 1. The normalized spacial score (nSPS) is 12.1. The third-order valence-electron chi connectivity index (χ3n) is 4.13. The van der Waals surface area contributed by atoms with Crippen molar-refractivity contribution in [1.29, 1.82) is 0 Å². The minimum atomic E-state index is -0.482. The van der Waals surface area contributed by atoms with Crippen molar-refractivity contribution >= 4 is 45.9 Å². The van der Waals surface area contributed by atoms with Crippen LogP contribution < -0.4 is 10.9 Å². The first-order valence-electron chi connectivity index (χ1n) is 8.83. The number of carbonyl (C=O) groups is 1. The average molecular weight is 418 g/mol. The van der Waals surface area contributed by atoms with Gasteiger partial charge in [-0.05, 0) is 49.7 Å². The van der Waals surface area contributed by atoms with Gasteiger partial charge < -0.3 is 10.4 Å². The van der Waals surface area contributed by atoms with Crippen LogP contribution in [0.25, 0.3) is 10.9 Å². The second-order valence-electron chi connectivity index (χ2n) is 6.20. The van der Waals surface area contributed by atoms with E-state index in [9.17, 15) is 9.59 Å². The van der Waals surface area contributed by atoms with E-state index in [2.05, 4.69) is 10.3 Å². The highest BCUT2D eigenvalue weighted by molar-refractivity contribution is 8.00. The molecule has 2 N–H and O–H groups in total. The predicted molar refractivity (Wildman–Crippen MR) is 113 cm³/mol. The van der Waals surface area contributed by atoms with Crippen LogP contribution in [0, 0.1) is 0 Å². The van der Waals surface area contributed by atoms with E-state index < -0.39 is 5.25 Å². The van der Waals surface area contributed by atoms with E-state index in [1.165, 1.54) is 16.3 Å². The van der Waals surface area contributed by atoms with Crippen molar-refractivity contribution < 1.29 is 9.90 Å². The summed E-state index contributed by atoms with van der Waals surface area (Å²) in [5.74, 6) is -0.205. The zero-order chi connectivity index (χ0) is 20.1. The quantitative estimate of drug-likeness (QED) is 0.453. The van der Waals surface area contributed by atoms with Crippen LogP contribution in [0.3, 0.4) is 0 Å². The topological polar surface area (TPSA) is 84.2 Å². The fourth-order valence-electron chi connectivity index (χ4n) is 2.65. The number of halogens is 1. The van der Waals surface area contributed by atoms with Gasteiger partial charge in [-0.3, -0.25) is 14.2 Å². The van der Waals surface area contributed by atoms with Crippen LogP contribution in [0.4, 0.5) is 5.69 Å². The lowest BCUT2D eigenvalue weighted by atomic mass is 10.2. The Balaban J connectivity index is 1.86. The number of nitrogens with zero attached hydrogens (tertiary/aromatic N) is 2. The van der Waals surface area contributed by atoms with Crippen molar-refractivity contribution in [3.63, 3.8) is 0 Å². The Morgan fingerprint density at radius 1 is 1.25 bits per heavy atom. The van der Waals surface area contributed by atoms with Crippen LogP contribution in [0.1, 0.15) is 13.3 Å². The average Bonchev–Trinajstić information content (AvgIpc) is 2.69. The van der Waals surface area contributed by atoms with E-state index >= 15 is 0 Å². The molecule has 0 saturated heterocycles. The molecule has 2 aromatic carbocycles. The van der Waals surface area contributed by atoms with E-state index in [0.717, 1.165) is 0 Å². The van der Waals surface area contributed by atoms with Gasteiger partial charge in [-0.15, -0.1) is 0 Å². The summed E-state index contributed by atoms with van der Waals surface area (Å²) in [5, 5.41) is 13.1. The van der Waals surface area contributed by atoms with Crippen molar-refractivity contribution in [1.82, 2.24) is 9.55 Å². The molecule has 0 aliphatic heterocycles. The van der Waals surface area contributed by atoms with Gasteiger partial charge in [0.15, 0.2) is 5.16 Å². The summed E-state index contributed by atoms with van der Waals surface area (Å²) in [5.41, 5.74) is 1.05. The van der Waals surface area contributed by atoms with Gasteiger partial charge in [0.05, 0.1) is 16.2 Å². The Morgan fingerprint density at radius 3 is 2.68 bits per heavy atom. The van der Waals surface area contributed by atoms with Crippen LogP contribution in [0.15, 0.2) is 58.5 Å². The molecule has 1 amide bonds. The van der Waals surface area contributed by atoms with E-state index in [1.54, 1.807) is 49.4 Å². The number of aliphatic hydroxyl groups is 1. The largest absolute Gasteiger partial charge is 0.396 e. The number of hydrogen-bond acceptors (Lipinski definition) is 5. The molecule has 0 radical (unpaired) electrons. The Labute approximate surface area is 171 Å². The Hall–Kier alpha value is -2.35. The summed E-state index contributed by atoms with van der Waals surface area (Å²) in [7, 11) is 0. The first kappa shape index (κ1) is 20.4. The van der Waals surface area contributed by atoms with Crippen molar-refractivity contribution in [2.24, 2.45) is 0 Å². The first-order chi connectivity index (χ1) is 13.5. The summed E-state index contributed by atoms with van der Waals surface area (Å²) in [4.78, 5) is 30.0.